The minimum Gasteiger partial charge on any atom is -0.351 e. The van der Waals surface area contributed by atoms with Crippen molar-refractivity contribution in [1.29, 1.82) is 0 Å². The van der Waals surface area contributed by atoms with Crippen LogP contribution in [-0.2, 0) is 4.79 Å². The van der Waals surface area contributed by atoms with Gasteiger partial charge in [-0.25, -0.2) is 0 Å². The lowest BCUT2D eigenvalue weighted by molar-refractivity contribution is -0.124. The number of nitrogens with one attached hydrogen (secondary N) is 1. The van der Waals surface area contributed by atoms with Gasteiger partial charge in [0.15, 0.2) is 0 Å². The predicted molar refractivity (Wildman–Crippen MR) is 70.4 cm³/mol. The van der Waals surface area contributed by atoms with Gasteiger partial charge in [0.2, 0.25) is 5.91 Å². The van der Waals surface area contributed by atoms with Gasteiger partial charge in [0.25, 0.3) is 0 Å². The molecule has 0 saturated carbocycles. The van der Waals surface area contributed by atoms with Gasteiger partial charge >= 0.3 is 0 Å². The van der Waals surface area contributed by atoms with E-state index in [0.29, 0.717) is 12.3 Å². The van der Waals surface area contributed by atoms with Crippen molar-refractivity contribution >= 4 is 5.91 Å². The Kier molecular flexibility index (Phi) is 5.51. The SMILES string of the molecule is CC(C)CCC(C)(C)NC(=O)CC(C)(C)C. The predicted octanol–water partition coefficient (Wildman–Crippen LogP) is 3.75. The summed E-state index contributed by atoms with van der Waals surface area (Å²) in [6.45, 7) is 14.9. The van der Waals surface area contributed by atoms with Crippen molar-refractivity contribution in [2.45, 2.75) is 73.3 Å². The normalized spacial score (nSPS) is 13.0. The Bertz CT molecular complexity index is 223. The summed E-state index contributed by atoms with van der Waals surface area (Å²) in [6, 6.07) is 0. The lowest BCUT2D eigenvalue weighted by Gasteiger charge is -2.29. The van der Waals surface area contributed by atoms with E-state index in [-0.39, 0.29) is 16.9 Å². The van der Waals surface area contributed by atoms with Crippen LogP contribution in [0.2, 0.25) is 0 Å². The first kappa shape index (κ1) is 15.5. The van der Waals surface area contributed by atoms with Gasteiger partial charge in [-0.05, 0) is 38.0 Å². The molecule has 0 heterocycles. The Balaban J connectivity index is 4.10. The minimum absolute atomic E-state index is 0.0677. The van der Waals surface area contributed by atoms with Crippen LogP contribution < -0.4 is 5.32 Å². The molecule has 0 unspecified atom stereocenters. The molecular weight excluding hydrogens is 198 g/mol. The monoisotopic (exact) mass is 227 g/mol. The number of rotatable bonds is 5. The van der Waals surface area contributed by atoms with Crippen LogP contribution in [0, 0.1) is 11.3 Å². The van der Waals surface area contributed by atoms with E-state index < -0.39 is 0 Å². The molecule has 1 N–H and O–H groups in total. The van der Waals surface area contributed by atoms with E-state index in [2.05, 4.69) is 53.8 Å². The van der Waals surface area contributed by atoms with Crippen LogP contribution in [0.4, 0.5) is 0 Å². The van der Waals surface area contributed by atoms with E-state index in [9.17, 15) is 4.79 Å². The third-order valence-electron chi connectivity index (χ3n) is 2.52. The summed E-state index contributed by atoms with van der Waals surface area (Å²) in [7, 11) is 0. The van der Waals surface area contributed by atoms with Gasteiger partial charge < -0.3 is 5.32 Å². The zero-order chi connectivity index (χ0) is 13.0. The van der Waals surface area contributed by atoms with Gasteiger partial charge in [-0.2, -0.15) is 0 Å². The highest BCUT2D eigenvalue weighted by molar-refractivity contribution is 5.77. The first-order chi connectivity index (χ1) is 7.02. The molecule has 2 nitrogen and oxygen atoms in total. The maximum Gasteiger partial charge on any atom is 0.220 e. The Morgan fingerprint density at radius 2 is 1.62 bits per heavy atom. The molecule has 0 aromatic heterocycles. The minimum atomic E-state index is -0.0768. The van der Waals surface area contributed by atoms with E-state index in [0.717, 1.165) is 12.8 Å². The summed E-state index contributed by atoms with van der Waals surface area (Å²) in [6.07, 6.45) is 2.79. The summed E-state index contributed by atoms with van der Waals surface area (Å²) in [5.41, 5.74) is -0.00911. The van der Waals surface area contributed by atoms with E-state index >= 15 is 0 Å². The molecular formula is C14H29NO. The number of hydrogen-bond acceptors (Lipinski definition) is 1. The molecule has 0 radical (unpaired) electrons. The molecule has 0 aliphatic carbocycles. The van der Waals surface area contributed by atoms with E-state index in [1.807, 2.05) is 0 Å². The molecule has 96 valence electrons. The first-order valence-electron chi connectivity index (χ1n) is 6.33. The summed E-state index contributed by atoms with van der Waals surface area (Å²) in [5, 5.41) is 3.13. The van der Waals surface area contributed by atoms with Crippen molar-refractivity contribution in [3.05, 3.63) is 0 Å². The zero-order valence-corrected chi connectivity index (χ0v) is 12.1. The molecule has 0 aromatic rings. The number of hydrogen-bond donors (Lipinski definition) is 1. The largest absolute Gasteiger partial charge is 0.351 e. The van der Waals surface area contributed by atoms with Crippen molar-refractivity contribution in [2.75, 3.05) is 0 Å². The fraction of sp³-hybridized carbons (Fsp3) is 0.929. The standard InChI is InChI=1S/C14H29NO/c1-11(2)8-9-14(6,7)15-12(16)10-13(3,4)5/h11H,8-10H2,1-7H3,(H,15,16). The molecule has 0 fully saturated rings. The summed E-state index contributed by atoms with van der Waals surface area (Å²) in [5.74, 6) is 0.861. The van der Waals surface area contributed by atoms with Crippen LogP contribution in [0.3, 0.4) is 0 Å². The molecule has 0 saturated heterocycles. The molecule has 0 atom stereocenters. The maximum absolute atomic E-state index is 11.8. The Morgan fingerprint density at radius 1 is 1.12 bits per heavy atom. The summed E-state index contributed by atoms with van der Waals surface area (Å²) in [4.78, 5) is 11.8. The average Bonchev–Trinajstić information content (AvgIpc) is 1.95. The second-order valence-electron chi connectivity index (χ2n) is 7.10. The van der Waals surface area contributed by atoms with E-state index in [1.165, 1.54) is 0 Å². The molecule has 0 aliphatic heterocycles. The van der Waals surface area contributed by atoms with E-state index in [4.69, 9.17) is 0 Å². The molecule has 16 heavy (non-hydrogen) atoms. The fourth-order valence-corrected chi connectivity index (χ4v) is 1.62. The highest BCUT2D eigenvalue weighted by atomic mass is 16.1. The fourth-order valence-electron chi connectivity index (χ4n) is 1.62. The molecule has 0 rings (SSSR count). The lowest BCUT2D eigenvalue weighted by atomic mass is 9.90. The van der Waals surface area contributed by atoms with Crippen molar-refractivity contribution in [3.8, 4) is 0 Å². The van der Waals surface area contributed by atoms with Gasteiger partial charge in [-0.15, -0.1) is 0 Å². The topological polar surface area (TPSA) is 29.1 Å². The maximum atomic E-state index is 11.8. The molecule has 0 aliphatic rings. The lowest BCUT2D eigenvalue weighted by Crippen LogP contribution is -2.44. The third kappa shape index (κ3) is 8.75. The van der Waals surface area contributed by atoms with Crippen LogP contribution in [0.1, 0.15) is 67.7 Å². The first-order valence-corrected chi connectivity index (χ1v) is 6.33. The molecule has 2 heteroatoms. The van der Waals surface area contributed by atoms with Crippen LogP contribution in [0.5, 0.6) is 0 Å². The van der Waals surface area contributed by atoms with Crippen LogP contribution >= 0.6 is 0 Å². The van der Waals surface area contributed by atoms with Crippen molar-refractivity contribution < 1.29 is 4.79 Å². The number of carbonyl (C=O) groups excluding carboxylic acids is 1. The van der Waals surface area contributed by atoms with Crippen molar-refractivity contribution in [1.82, 2.24) is 5.32 Å². The number of carbonyl (C=O) groups is 1. The Hall–Kier alpha value is -0.530. The highest BCUT2D eigenvalue weighted by Gasteiger charge is 2.23. The van der Waals surface area contributed by atoms with Gasteiger partial charge in [0, 0.05) is 12.0 Å². The van der Waals surface area contributed by atoms with Gasteiger partial charge in [-0.1, -0.05) is 34.6 Å². The van der Waals surface area contributed by atoms with Gasteiger partial charge in [-0.3, -0.25) is 4.79 Å². The second kappa shape index (κ2) is 5.70. The third-order valence-corrected chi connectivity index (χ3v) is 2.52. The second-order valence-corrected chi connectivity index (χ2v) is 7.10. The van der Waals surface area contributed by atoms with Crippen molar-refractivity contribution in [3.63, 3.8) is 0 Å². The van der Waals surface area contributed by atoms with Gasteiger partial charge in [0.05, 0.1) is 0 Å². The average molecular weight is 227 g/mol. The van der Waals surface area contributed by atoms with Crippen LogP contribution in [0.25, 0.3) is 0 Å². The molecule has 0 spiro atoms. The zero-order valence-electron chi connectivity index (χ0n) is 12.1. The van der Waals surface area contributed by atoms with E-state index in [1.54, 1.807) is 0 Å². The van der Waals surface area contributed by atoms with Crippen LogP contribution in [0.15, 0.2) is 0 Å². The molecule has 0 aromatic carbocycles. The highest BCUT2D eigenvalue weighted by Crippen LogP contribution is 2.20. The number of amides is 1. The Morgan fingerprint density at radius 3 is 2.00 bits per heavy atom. The summed E-state index contributed by atoms with van der Waals surface area (Å²) < 4.78 is 0. The molecule has 1 amide bonds. The van der Waals surface area contributed by atoms with Gasteiger partial charge in [0.1, 0.15) is 0 Å². The quantitative estimate of drug-likeness (QED) is 0.761. The summed E-state index contributed by atoms with van der Waals surface area (Å²) >= 11 is 0. The molecule has 0 bridgehead atoms. The smallest absolute Gasteiger partial charge is 0.220 e. The Labute approximate surface area is 101 Å². The van der Waals surface area contributed by atoms with Crippen LogP contribution in [-0.4, -0.2) is 11.4 Å². The van der Waals surface area contributed by atoms with Crippen molar-refractivity contribution in [2.24, 2.45) is 11.3 Å².